The summed E-state index contributed by atoms with van der Waals surface area (Å²) in [5.41, 5.74) is 2.35. The van der Waals surface area contributed by atoms with Crippen molar-refractivity contribution in [2.24, 2.45) is 0 Å². The number of carbonyl (C=O) groups is 1. The maximum atomic E-state index is 11.4. The van der Waals surface area contributed by atoms with Gasteiger partial charge in [-0.15, -0.1) is 0 Å². The van der Waals surface area contributed by atoms with Gasteiger partial charge in [0.05, 0.1) is 12.2 Å². The van der Waals surface area contributed by atoms with Crippen molar-refractivity contribution in [3.63, 3.8) is 0 Å². The van der Waals surface area contributed by atoms with Gasteiger partial charge >= 0.3 is 6.09 Å². The second-order valence-corrected chi connectivity index (χ2v) is 5.88. The molecule has 1 aromatic heterocycles. The summed E-state index contributed by atoms with van der Waals surface area (Å²) in [5, 5.41) is 0.942. The number of amides is 1. The average Bonchev–Trinajstić information content (AvgIpc) is 3.09. The Balaban J connectivity index is 1.66. The molecule has 1 saturated heterocycles. The molecular weight excluding hydrogens is 286 g/mol. The Morgan fingerprint density at radius 3 is 3.00 bits per heavy atom. The van der Waals surface area contributed by atoms with Gasteiger partial charge in [-0.2, -0.15) is 0 Å². The highest BCUT2D eigenvalue weighted by Gasteiger charge is 2.21. The van der Waals surface area contributed by atoms with E-state index >= 15 is 0 Å². The number of imidazole rings is 1. The monoisotopic (exact) mass is 303 g/mol. The summed E-state index contributed by atoms with van der Waals surface area (Å²) in [5.74, 6) is 0.804. The second-order valence-electron chi connectivity index (χ2n) is 4.82. The number of aryl methyl sites for hydroxylation is 1. The number of cyclic esters (lactones) is 1. The summed E-state index contributed by atoms with van der Waals surface area (Å²) in [6, 6.07) is 8.22. The molecule has 0 radical (unpaired) electrons. The Bertz CT molecular complexity index is 641. The zero-order valence-electron chi connectivity index (χ0n) is 11.9. The number of benzene rings is 1. The van der Waals surface area contributed by atoms with Crippen LogP contribution in [0, 0.1) is 6.92 Å². The van der Waals surface area contributed by atoms with E-state index in [1.807, 2.05) is 18.3 Å². The summed E-state index contributed by atoms with van der Waals surface area (Å²) >= 11 is 1.65. The first-order valence-corrected chi connectivity index (χ1v) is 7.88. The van der Waals surface area contributed by atoms with E-state index in [9.17, 15) is 4.79 Å². The summed E-state index contributed by atoms with van der Waals surface area (Å²) in [7, 11) is 0. The van der Waals surface area contributed by atoms with Crippen LogP contribution < -0.4 is 0 Å². The topological polar surface area (TPSA) is 47.4 Å². The molecule has 1 aliphatic heterocycles. The van der Waals surface area contributed by atoms with Crippen LogP contribution in [0.4, 0.5) is 4.79 Å². The smallest absolute Gasteiger partial charge is 0.409 e. The largest absolute Gasteiger partial charge is 0.448 e. The fourth-order valence-electron chi connectivity index (χ4n) is 2.29. The predicted molar refractivity (Wildman–Crippen MR) is 81.9 cm³/mol. The zero-order valence-corrected chi connectivity index (χ0v) is 12.7. The first-order chi connectivity index (χ1) is 10.3. The van der Waals surface area contributed by atoms with Gasteiger partial charge in [0.25, 0.3) is 0 Å². The number of hydrogen-bond donors (Lipinski definition) is 0. The maximum Gasteiger partial charge on any atom is 0.409 e. The van der Waals surface area contributed by atoms with Gasteiger partial charge in [-0.3, -0.25) is 4.57 Å². The molecule has 0 atom stereocenters. The number of nitrogens with zero attached hydrogens (tertiary/aromatic N) is 3. The Morgan fingerprint density at radius 1 is 1.38 bits per heavy atom. The number of rotatable bonds is 5. The average molecular weight is 303 g/mol. The minimum absolute atomic E-state index is 0.210. The van der Waals surface area contributed by atoms with Crippen LogP contribution in [0.15, 0.2) is 41.8 Å². The molecule has 0 N–H and O–H groups in total. The summed E-state index contributed by atoms with van der Waals surface area (Å²) in [6.45, 7) is 3.96. The molecule has 2 heterocycles. The van der Waals surface area contributed by atoms with Crippen molar-refractivity contribution in [3.8, 4) is 5.69 Å². The minimum atomic E-state index is -0.210. The van der Waals surface area contributed by atoms with Crippen LogP contribution in [0.2, 0.25) is 0 Å². The molecule has 1 aromatic carbocycles. The van der Waals surface area contributed by atoms with Crippen LogP contribution in [0.25, 0.3) is 5.69 Å². The van der Waals surface area contributed by atoms with E-state index < -0.39 is 0 Å². The molecule has 2 aromatic rings. The summed E-state index contributed by atoms with van der Waals surface area (Å²) < 4.78 is 7.00. The molecule has 1 fully saturated rings. The first kappa shape index (κ1) is 14.0. The third kappa shape index (κ3) is 3.05. The number of ether oxygens (including phenoxy) is 1. The Kier molecular flexibility index (Phi) is 4.15. The number of hydrogen-bond acceptors (Lipinski definition) is 4. The molecule has 5 nitrogen and oxygen atoms in total. The van der Waals surface area contributed by atoms with Crippen molar-refractivity contribution in [1.29, 1.82) is 0 Å². The van der Waals surface area contributed by atoms with Gasteiger partial charge in [0.15, 0.2) is 5.16 Å². The third-order valence-corrected chi connectivity index (χ3v) is 4.37. The molecule has 6 heteroatoms. The quantitative estimate of drug-likeness (QED) is 0.797. The van der Waals surface area contributed by atoms with Crippen LogP contribution in [0.1, 0.15) is 5.56 Å². The third-order valence-electron chi connectivity index (χ3n) is 3.42. The molecule has 1 amide bonds. The van der Waals surface area contributed by atoms with Gasteiger partial charge in [-0.1, -0.05) is 30.0 Å². The van der Waals surface area contributed by atoms with Crippen LogP contribution in [0.3, 0.4) is 0 Å². The minimum Gasteiger partial charge on any atom is -0.448 e. The molecule has 21 heavy (non-hydrogen) atoms. The van der Waals surface area contributed by atoms with Crippen molar-refractivity contribution in [1.82, 2.24) is 14.5 Å². The number of para-hydroxylation sites is 1. The normalized spacial score (nSPS) is 14.5. The molecule has 3 rings (SSSR count). The molecule has 0 spiro atoms. The van der Waals surface area contributed by atoms with Gasteiger partial charge in [0.1, 0.15) is 6.61 Å². The molecule has 0 unspecified atom stereocenters. The van der Waals surface area contributed by atoms with E-state index in [0.717, 1.165) is 16.6 Å². The molecule has 110 valence electrons. The lowest BCUT2D eigenvalue weighted by molar-refractivity contribution is 0.160. The summed E-state index contributed by atoms with van der Waals surface area (Å²) in [4.78, 5) is 17.5. The highest BCUT2D eigenvalue weighted by molar-refractivity contribution is 7.99. The van der Waals surface area contributed by atoms with E-state index in [1.54, 1.807) is 22.9 Å². The Morgan fingerprint density at radius 2 is 2.24 bits per heavy atom. The number of carbonyl (C=O) groups excluding carboxylic acids is 1. The lowest BCUT2D eigenvalue weighted by atomic mass is 10.2. The number of aromatic nitrogens is 2. The zero-order chi connectivity index (χ0) is 14.7. The van der Waals surface area contributed by atoms with E-state index in [-0.39, 0.29) is 6.09 Å². The second kappa shape index (κ2) is 6.22. The molecular formula is C15H17N3O2S. The Labute approximate surface area is 127 Å². The molecule has 0 saturated carbocycles. The van der Waals surface area contributed by atoms with Gasteiger partial charge in [0, 0.05) is 24.7 Å². The van der Waals surface area contributed by atoms with Gasteiger partial charge in [0.2, 0.25) is 0 Å². The van der Waals surface area contributed by atoms with Gasteiger partial charge in [-0.05, 0) is 18.6 Å². The van der Waals surface area contributed by atoms with Crippen molar-refractivity contribution < 1.29 is 9.53 Å². The summed E-state index contributed by atoms with van der Waals surface area (Å²) in [6.07, 6.45) is 3.56. The van der Waals surface area contributed by atoms with Gasteiger partial charge < -0.3 is 9.64 Å². The van der Waals surface area contributed by atoms with E-state index in [0.29, 0.717) is 19.7 Å². The van der Waals surface area contributed by atoms with Crippen LogP contribution >= 0.6 is 11.8 Å². The van der Waals surface area contributed by atoms with Gasteiger partial charge in [-0.25, -0.2) is 9.78 Å². The molecule has 0 aliphatic carbocycles. The van der Waals surface area contributed by atoms with Crippen molar-refractivity contribution in [2.75, 3.05) is 25.4 Å². The first-order valence-electron chi connectivity index (χ1n) is 6.89. The fourth-order valence-corrected chi connectivity index (χ4v) is 3.22. The standard InChI is InChI=1S/C15H17N3O2S/c1-12-4-2-3-5-13(12)18-7-6-16-14(18)21-11-9-17-8-10-20-15(17)19/h2-7H,8-11H2,1H3. The lowest BCUT2D eigenvalue weighted by Crippen LogP contribution is -2.26. The van der Waals surface area contributed by atoms with Crippen LogP contribution in [-0.4, -0.2) is 46.0 Å². The fraction of sp³-hybridized carbons (Fsp3) is 0.333. The highest BCUT2D eigenvalue weighted by atomic mass is 32.2. The SMILES string of the molecule is Cc1ccccc1-n1ccnc1SCCN1CCOC1=O. The van der Waals surface area contributed by atoms with Crippen molar-refractivity contribution >= 4 is 17.9 Å². The van der Waals surface area contributed by atoms with Crippen molar-refractivity contribution in [2.45, 2.75) is 12.1 Å². The molecule has 0 bridgehead atoms. The molecule has 1 aliphatic rings. The maximum absolute atomic E-state index is 11.4. The van der Waals surface area contributed by atoms with E-state index in [4.69, 9.17) is 4.74 Å². The van der Waals surface area contributed by atoms with Crippen LogP contribution in [-0.2, 0) is 4.74 Å². The Hall–Kier alpha value is -1.95. The van der Waals surface area contributed by atoms with Crippen LogP contribution in [0.5, 0.6) is 0 Å². The van der Waals surface area contributed by atoms with Crippen molar-refractivity contribution in [3.05, 3.63) is 42.2 Å². The predicted octanol–water partition coefficient (Wildman–Crippen LogP) is 2.73. The lowest BCUT2D eigenvalue weighted by Gasteiger charge is -2.13. The highest BCUT2D eigenvalue weighted by Crippen LogP contribution is 2.22. The number of thioether (sulfide) groups is 1. The van der Waals surface area contributed by atoms with E-state index in [2.05, 4.69) is 28.6 Å². The van der Waals surface area contributed by atoms with E-state index in [1.165, 1.54) is 5.56 Å².